The molecule has 1 amide bonds. The molecule has 0 spiro atoms. The first-order valence-electron chi connectivity index (χ1n) is 8.29. The molecule has 0 saturated heterocycles. The van der Waals surface area contributed by atoms with Crippen LogP contribution in [0, 0.1) is 0 Å². The first-order valence-corrected chi connectivity index (χ1v) is 8.29. The normalized spacial score (nSPS) is 10.8. The quantitative estimate of drug-likeness (QED) is 0.536. The molecule has 0 aliphatic heterocycles. The summed E-state index contributed by atoms with van der Waals surface area (Å²) in [5.74, 6) is 1.24. The number of nitrogens with one attached hydrogen (secondary N) is 1. The molecule has 0 heterocycles. The van der Waals surface area contributed by atoms with Gasteiger partial charge in [-0.15, -0.1) is 0 Å². The zero-order valence-electron chi connectivity index (χ0n) is 15.4. The van der Waals surface area contributed by atoms with Gasteiger partial charge in [0.05, 0.1) is 27.5 Å². The predicted octanol–water partition coefficient (Wildman–Crippen LogP) is 3.63. The Morgan fingerprint density at radius 2 is 1.59 bits per heavy atom. The van der Waals surface area contributed by atoms with Crippen LogP contribution in [-0.2, 0) is 0 Å². The van der Waals surface area contributed by atoms with Crippen molar-refractivity contribution in [3.63, 3.8) is 0 Å². The molecule has 0 saturated carbocycles. The van der Waals surface area contributed by atoms with Crippen LogP contribution < -0.4 is 19.6 Å². The Hall–Kier alpha value is -3.54. The molecule has 138 valence electrons. The Bertz CT molecular complexity index is 968. The van der Waals surface area contributed by atoms with Gasteiger partial charge < -0.3 is 14.2 Å². The topological polar surface area (TPSA) is 69.2 Å². The fourth-order valence-electron chi connectivity index (χ4n) is 2.82. The Morgan fingerprint density at radius 3 is 2.26 bits per heavy atom. The SMILES string of the molecule is COc1cc(/C=N/NC(=O)c2cccc3ccccc23)cc(OC)c1OC. The lowest BCUT2D eigenvalue weighted by Crippen LogP contribution is -2.17. The molecule has 3 rings (SSSR count). The van der Waals surface area contributed by atoms with Crippen molar-refractivity contribution in [3.8, 4) is 17.2 Å². The molecule has 27 heavy (non-hydrogen) atoms. The molecule has 6 nitrogen and oxygen atoms in total. The Labute approximate surface area is 157 Å². The molecular formula is C21H20N2O4. The fraction of sp³-hybridized carbons (Fsp3) is 0.143. The van der Waals surface area contributed by atoms with Gasteiger partial charge in [0, 0.05) is 11.1 Å². The number of methoxy groups -OCH3 is 3. The first kappa shape index (κ1) is 18.3. The Kier molecular flexibility index (Phi) is 5.56. The number of rotatable bonds is 6. The highest BCUT2D eigenvalue weighted by Crippen LogP contribution is 2.37. The van der Waals surface area contributed by atoms with Gasteiger partial charge in [-0.05, 0) is 29.0 Å². The number of amides is 1. The molecule has 0 atom stereocenters. The molecule has 0 fully saturated rings. The van der Waals surface area contributed by atoms with Crippen LogP contribution in [0.3, 0.4) is 0 Å². The monoisotopic (exact) mass is 364 g/mol. The number of hydrogen-bond acceptors (Lipinski definition) is 5. The number of ether oxygens (including phenoxy) is 3. The summed E-state index contributed by atoms with van der Waals surface area (Å²) in [5.41, 5.74) is 3.82. The zero-order valence-corrected chi connectivity index (χ0v) is 15.4. The Balaban J connectivity index is 1.82. The van der Waals surface area contributed by atoms with Crippen LogP contribution in [0.5, 0.6) is 17.2 Å². The van der Waals surface area contributed by atoms with E-state index in [1.54, 1.807) is 39.5 Å². The van der Waals surface area contributed by atoms with Gasteiger partial charge in [-0.25, -0.2) is 5.43 Å². The third kappa shape index (κ3) is 3.84. The third-order valence-electron chi connectivity index (χ3n) is 4.10. The van der Waals surface area contributed by atoms with Crippen molar-refractivity contribution < 1.29 is 19.0 Å². The largest absolute Gasteiger partial charge is 0.493 e. The minimum Gasteiger partial charge on any atom is -0.493 e. The van der Waals surface area contributed by atoms with E-state index in [2.05, 4.69) is 10.5 Å². The van der Waals surface area contributed by atoms with E-state index < -0.39 is 0 Å². The summed E-state index contributed by atoms with van der Waals surface area (Å²) in [6.07, 6.45) is 1.52. The number of fused-ring (bicyclic) bond motifs is 1. The van der Waals surface area contributed by atoms with E-state index in [1.807, 2.05) is 36.4 Å². The highest BCUT2D eigenvalue weighted by molar-refractivity contribution is 6.07. The number of benzene rings is 3. The summed E-state index contributed by atoms with van der Waals surface area (Å²) in [7, 11) is 4.62. The highest BCUT2D eigenvalue weighted by atomic mass is 16.5. The van der Waals surface area contributed by atoms with E-state index in [0.717, 1.165) is 10.8 Å². The van der Waals surface area contributed by atoms with Gasteiger partial charge in [0.2, 0.25) is 5.75 Å². The second-order valence-electron chi connectivity index (χ2n) is 5.68. The molecule has 0 radical (unpaired) electrons. The van der Waals surface area contributed by atoms with Crippen LogP contribution in [0.25, 0.3) is 10.8 Å². The molecule has 3 aromatic carbocycles. The van der Waals surface area contributed by atoms with E-state index in [9.17, 15) is 4.79 Å². The second kappa shape index (κ2) is 8.23. The zero-order chi connectivity index (χ0) is 19.2. The van der Waals surface area contributed by atoms with E-state index in [-0.39, 0.29) is 5.91 Å². The van der Waals surface area contributed by atoms with E-state index in [1.165, 1.54) is 6.21 Å². The molecule has 0 aliphatic carbocycles. The van der Waals surface area contributed by atoms with Crippen molar-refractivity contribution >= 4 is 22.9 Å². The molecule has 1 N–H and O–H groups in total. The molecule has 0 bridgehead atoms. The van der Waals surface area contributed by atoms with Crippen LogP contribution in [-0.4, -0.2) is 33.5 Å². The molecule has 3 aromatic rings. The lowest BCUT2D eigenvalue weighted by Gasteiger charge is -2.12. The summed E-state index contributed by atoms with van der Waals surface area (Å²) in [4.78, 5) is 12.5. The summed E-state index contributed by atoms with van der Waals surface area (Å²) >= 11 is 0. The van der Waals surface area contributed by atoms with Crippen molar-refractivity contribution in [2.45, 2.75) is 0 Å². The van der Waals surface area contributed by atoms with Gasteiger partial charge >= 0.3 is 0 Å². The second-order valence-corrected chi connectivity index (χ2v) is 5.68. The number of nitrogens with zero attached hydrogens (tertiary/aromatic N) is 1. The number of hydrazone groups is 1. The smallest absolute Gasteiger partial charge is 0.271 e. The predicted molar refractivity (Wildman–Crippen MR) is 105 cm³/mol. The van der Waals surface area contributed by atoms with Gasteiger partial charge in [-0.1, -0.05) is 36.4 Å². The van der Waals surface area contributed by atoms with Gasteiger partial charge in [-0.3, -0.25) is 4.79 Å². The fourth-order valence-corrected chi connectivity index (χ4v) is 2.82. The van der Waals surface area contributed by atoms with E-state index in [0.29, 0.717) is 28.4 Å². The highest BCUT2D eigenvalue weighted by Gasteiger charge is 2.12. The van der Waals surface area contributed by atoms with Crippen molar-refractivity contribution in [3.05, 3.63) is 65.7 Å². The minimum atomic E-state index is -0.282. The lowest BCUT2D eigenvalue weighted by molar-refractivity contribution is 0.0957. The molecule has 0 aromatic heterocycles. The molecule has 0 aliphatic rings. The number of carbonyl (C=O) groups excluding carboxylic acids is 1. The lowest BCUT2D eigenvalue weighted by atomic mass is 10.0. The van der Waals surface area contributed by atoms with Crippen molar-refractivity contribution in [1.29, 1.82) is 0 Å². The van der Waals surface area contributed by atoms with Crippen LogP contribution in [0.1, 0.15) is 15.9 Å². The molecule has 0 unspecified atom stereocenters. The van der Waals surface area contributed by atoms with Crippen LogP contribution >= 0.6 is 0 Å². The molecule has 6 heteroatoms. The van der Waals surface area contributed by atoms with Crippen molar-refractivity contribution in [2.24, 2.45) is 5.10 Å². The summed E-state index contributed by atoms with van der Waals surface area (Å²) in [6.45, 7) is 0. The van der Waals surface area contributed by atoms with E-state index in [4.69, 9.17) is 14.2 Å². The maximum atomic E-state index is 12.5. The third-order valence-corrected chi connectivity index (χ3v) is 4.10. The average Bonchev–Trinajstić information content (AvgIpc) is 2.72. The van der Waals surface area contributed by atoms with Gasteiger partial charge in [0.1, 0.15) is 0 Å². The van der Waals surface area contributed by atoms with Crippen LogP contribution in [0.15, 0.2) is 59.7 Å². The van der Waals surface area contributed by atoms with Gasteiger partial charge in [-0.2, -0.15) is 5.10 Å². The maximum Gasteiger partial charge on any atom is 0.271 e. The number of carbonyl (C=O) groups is 1. The maximum absolute atomic E-state index is 12.5. The summed E-state index contributed by atoms with van der Waals surface area (Å²) in [6, 6.07) is 16.8. The molecular weight excluding hydrogens is 344 g/mol. The summed E-state index contributed by atoms with van der Waals surface area (Å²) in [5, 5.41) is 5.93. The van der Waals surface area contributed by atoms with Gasteiger partial charge in [0.15, 0.2) is 11.5 Å². The first-order chi connectivity index (χ1) is 13.2. The Morgan fingerprint density at radius 1 is 0.926 bits per heavy atom. The van der Waals surface area contributed by atoms with Crippen molar-refractivity contribution in [1.82, 2.24) is 5.43 Å². The van der Waals surface area contributed by atoms with Gasteiger partial charge in [0.25, 0.3) is 5.91 Å². The minimum absolute atomic E-state index is 0.282. The van der Waals surface area contributed by atoms with Crippen molar-refractivity contribution in [2.75, 3.05) is 21.3 Å². The van der Waals surface area contributed by atoms with Crippen LogP contribution in [0.2, 0.25) is 0 Å². The standard InChI is InChI=1S/C21H20N2O4/c1-25-18-11-14(12-19(26-2)20(18)27-3)13-22-23-21(24)17-10-6-8-15-7-4-5-9-16(15)17/h4-13H,1-3H3,(H,23,24)/b22-13+. The number of hydrogen-bond donors (Lipinski definition) is 1. The van der Waals surface area contributed by atoms with Crippen LogP contribution in [0.4, 0.5) is 0 Å². The van der Waals surface area contributed by atoms with E-state index >= 15 is 0 Å². The summed E-state index contributed by atoms with van der Waals surface area (Å²) < 4.78 is 15.9. The average molecular weight is 364 g/mol.